The minimum absolute atomic E-state index is 0.308. The predicted octanol–water partition coefficient (Wildman–Crippen LogP) is 6.27. The molecule has 0 unspecified atom stereocenters. The van der Waals surface area contributed by atoms with Crippen LogP contribution in [0.15, 0.2) is 24.3 Å². The van der Waals surface area contributed by atoms with Crippen LogP contribution in [-0.2, 0) is 4.79 Å². The Kier molecular flexibility index (Phi) is 16.2. The molecule has 0 aliphatic rings. The normalized spacial score (nSPS) is 11.7. The first-order chi connectivity index (χ1) is 10.3. The van der Waals surface area contributed by atoms with Crippen LogP contribution in [-0.4, -0.2) is 11.1 Å². The number of aliphatic carboxylic acids is 1. The molecule has 0 fully saturated rings. The average Bonchev–Trinajstić information content (AvgIpc) is 2.46. The Bertz CT molecular complexity index is 279. The first kappa shape index (κ1) is 19.9. The lowest BCUT2D eigenvalue weighted by atomic mass is 10.1. The summed E-state index contributed by atoms with van der Waals surface area (Å²) in [6, 6.07) is 0. The number of carboxylic acids is 1. The lowest BCUT2D eigenvalue weighted by Crippen LogP contribution is -1.93. The van der Waals surface area contributed by atoms with Crippen molar-refractivity contribution in [1.29, 1.82) is 0 Å². The second kappa shape index (κ2) is 17.0. The Morgan fingerprint density at radius 3 is 1.76 bits per heavy atom. The molecule has 0 aromatic heterocycles. The molecule has 21 heavy (non-hydrogen) atoms. The van der Waals surface area contributed by atoms with Crippen molar-refractivity contribution < 1.29 is 9.90 Å². The van der Waals surface area contributed by atoms with Crippen LogP contribution in [0.3, 0.4) is 0 Å². The first-order valence-electron chi connectivity index (χ1n) is 8.80. The largest absolute Gasteiger partial charge is 0.481 e. The number of rotatable bonds is 15. The van der Waals surface area contributed by atoms with Gasteiger partial charge in [-0.2, -0.15) is 0 Å². The molecule has 0 aromatic rings. The van der Waals surface area contributed by atoms with Crippen molar-refractivity contribution in [2.45, 2.75) is 90.4 Å². The van der Waals surface area contributed by atoms with Crippen molar-refractivity contribution in [1.82, 2.24) is 0 Å². The van der Waals surface area contributed by atoms with E-state index in [-0.39, 0.29) is 0 Å². The third kappa shape index (κ3) is 18.9. The number of carboxylic acid groups (broad SMARTS) is 1. The lowest BCUT2D eigenvalue weighted by Gasteiger charge is -1.98. The summed E-state index contributed by atoms with van der Waals surface area (Å²) in [4.78, 5) is 10.3. The minimum Gasteiger partial charge on any atom is -0.481 e. The van der Waals surface area contributed by atoms with E-state index in [9.17, 15) is 4.79 Å². The fourth-order valence-electron chi connectivity index (χ4n) is 2.28. The fraction of sp³-hybridized carbons (Fsp3) is 0.737. The van der Waals surface area contributed by atoms with Crippen LogP contribution < -0.4 is 0 Å². The Balaban J connectivity index is 3.20. The number of hydrogen-bond acceptors (Lipinski definition) is 1. The molecule has 0 aromatic carbocycles. The molecule has 0 radical (unpaired) electrons. The van der Waals surface area contributed by atoms with E-state index < -0.39 is 5.97 Å². The molecule has 122 valence electrons. The molecular weight excluding hydrogens is 260 g/mol. The van der Waals surface area contributed by atoms with Gasteiger partial charge in [0.25, 0.3) is 0 Å². The monoisotopic (exact) mass is 294 g/mol. The molecule has 0 saturated heterocycles. The van der Waals surface area contributed by atoms with E-state index in [1.54, 1.807) is 0 Å². The van der Waals surface area contributed by atoms with Crippen LogP contribution in [0.1, 0.15) is 90.4 Å². The molecule has 0 saturated carbocycles. The highest BCUT2D eigenvalue weighted by Crippen LogP contribution is 2.08. The summed E-state index contributed by atoms with van der Waals surface area (Å²) in [5, 5.41) is 8.51. The van der Waals surface area contributed by atoms with Gasteiger partial charge in [-0.1, -0.05) is 76.2 Å². The molecule has 0 heterocycles. The van der Waals surface area contributed by atoms with E-state index in [2.05, 4.69) is 31.2 Å². The zero-order valence-electron chi connectivity index (χ0n) is 13.9. The number of carbonyl (C=O) groups is 1. The van der Waals surface area contributed by atoms with Gasteiger partial charge in [0.15, 0.2) is 0 Å². The van der Waals surface area contributed by atoms with Gasteiger partial charge in [-0.15, -0.1) is 0 Å². The van der Waals surface area contributed by atoms with Crippen molar-refractivity contribution in [2.24, 2.45) is 0 Å². The van der Waals surface area contributed by atoms with Crippen molar-refractivity contribution >= 4 is 5.97 Å². The van der Waals surface area contributed by atoms with Crippen LogP contribution >= 0.6 is 0 Å². The van der Waals surface area contributed by atoms with Gasteiger partial charge in [-0.25, -0.2) is 0 Å². The van der Waals surface area contributed by atoms with E-state index in [0.717, 1.165) is 25.7 Å². The minimum atomic E-state index is -0.682. The standard InChI is InChI=1S/C19H34O2/c1-2-3-4-5-6-7-8-9-10-11-12-13-14-15-16-17-18-19(20)21/h10-13H,2-9,14-18H2,1H3,(H,20,21)/b11-10+,13-12+. The van der Waals surface area contributed by atoms with E-state index >= 15 is 0 Å². The second-order valence-corrected chi connectivity index (χ2v) is 5.76. The lowest BCUT2D eigenvalue weighted by molar-refractivity contribution is -0.137. The van der Waals surface area contributed by atoms with E-state index in [0.29, 0.717) is 6.42 Å². The van der Waals surface area contributed by atoms with Crippen LogP contribution in [0.5, 0.6) is 0 Å². The van der Waals surface area contributed by atoms with Crippen LogP contribution in [0.4, 0.5) is 0 Å². The summed E-state index contributed by atoms with van der Waals surface area (Å²) in [6.45, 7) is 2.26. The molecule has 0 spiro atoms. The maximum absolute atomic E-state index is 10.3. The SMILES string of the molecule is CCCCCCCCC/C=C/C=C/CCCCCC(=O)O. The molecule has 1 N–H and O–H groups in total. The smallest absolute Gasteiger partial charge is 0.303 e. The van der Waals surface area contributed by atoms with Crippen LogP contribution in [0, 0.1) is 0 Å². The second-order valence-electron chi connectivity index (χ2n) is 5.76. The van der Waals surface area contributed by atoms with Crippen molar-refractivity contribution in [3.63, 3.8) is 0 Å². The van der Waals surface area contributed by atoms with Gasteiger partial charge < -0.3 is 5.11 Å². The summed E-state index contributed by atoms with van der Waals surface area (Å²) in [6.07, 6.45) is 23.8. The van der Waals surface area contributed by atoms with Crippen molar-refractivity contribution in [2.75, 3.05) is 0 Å². The molecule has 0 aliphatic heterocycles. The first-order valence-corrected chi connectivity index (χ1v) is 8.80. The molecule has 0 bridgehead atoms. The van der Waals surface area contributed by atoms with Gasteiger partial charge in [-0.05, 0) is 32.1 Å². The summed E-state index contributed by atoms with van der Waals surface area (Å²) < 4.78 is 0. The maximum atomic E-state index is 10.3. The quantitative estimate of drug-likeness (QED) is 0.285. The third-order valence-corrected chi connectivity index (χ3v) is 3.62. The number of unbranched alkanes of at least 4 members (excludes halogenated alkanes) is 10. The number of allylic oxidation sites excluding steroid dienone is 4. The summed E-state index contributed by atoms with van der Waals surface area (Å²) in [5.74, 6) is -0.682. The van der Waals surface area contributed by atoms with Crippen LogP contribution in [0.2, 0.25) is 0 Å². The molecule has 0 rings (SSSR count). The summed E-state index contributed by atoms with van der Waals surface area (Å²) >= 11 is 0. The molecule has 2 nitrogen and oxygen atoms in total. The third-order valence-electron chi connectivity index (χ3n) is 3.62. The van der Waals surface area contributed by atoms with E-state index in [1.165, 1.54) is 51.4 Å². The zero-order chi connectivity index (χ0) is 15.6. The maximum Gasteiger partial charge on any atom is 0.303 e. The number of hydrogen-bond donors (Lipinski definition) is 1. The molecule has 0 aliphatic carbocycles. The summed E-state index contributed by atoms with van der Waals surface area (Å²) in [7, 11) is 0. The molecule has 2 heteroatoms. The van der Waals surface area contributed by atoms with Crippen molar-refractivity contribution in [3.05, 3.63) is 24.3 Å². The molecule has 0 atom stereocenters. The van der Waals surface area contributed by atoms with Gasteiger partial charge in [0.2, 0.25) is 0 Å². The molecular formula is C19H34O2. The fourth-order valence-corrected chi connectivity index (χ4v) is 2.28. The highest BCUT2D eigenvalue weighted by molar-refractivity contribution is 5.66. The topological polar surface area (TPSA) is 37.3 Å². The average molecular weight is 294 g/mol. The van der Waals surface area contributed by atoms with Crippen LogP contribution in [0.25, 0.3) is 0 Å². The predicted molar refractivity (Wildman–Crippen MR) is 91.6 cm³/mol. The summed E-state index contributed by atoms with van der Waals surface area (Å²) in [5.41, 5.74) is 0. The Morgan fingerprint density at radius 1 is 0.762 bits per heavy atom. The van der Waals surface area contributed by atoms with Crippen molar-refractivity contribution in [3.8, 4) is 0 Å². The van der Waals surface area contributed by atoms with Gasteiger partial charge in [-0.3, -0.25) is 4.79 Å². The van der Waals surface area contributed by atoms with Gasteiger partial charge in [0.05, 0.1) is 0 Å². The van der Waals surface area contributed by atoms with E-state index in [1.807, 2.05) is 0 Å². The van der Waals surface area contributed by atoms with Gasteiger partial charge in [0, 0.05) is 6.42 Å². The Labute approximate surface area is 131 Å². The van der Waals surface area contributed by atoms with E-state index in [4.69, 9.17) is 5.11 Å². The zero-order valence-corrected chi connectivity index (χ0v) is 13.9. The van der Waals surface area contributed by atoms with Gasteiger partial charge >= 0.3 is 5.97 Å². The Morgan fingerprint density at radius 2 is 1.24 bits per heavy atom. The Hall–Kier alpha value is -1.05. The van der Waals surface area contributed by atoms with Gasteiger partial charge in [0.1, 0.15) is 0 Å². The highest BCUT2D eigenvalue weighted by Gasteiger charge is 1.94. The molecule has 0 amide bonds. The highest BCUT2D eigenvalue weighted by atomic mass is 16.4.